The molecule has 106 valence electrons. The van der Waals surface area contributed by atoms with E-state index < -0.39 is 0 Å². The summed E-state index contributed by atoms with van der Waals surface area (Å²) in [6, 6.07) is 13.4. The van der Waals surface area contributed by atoms with Gasteiger partial charge in [-0.15, -0.1) is 0 Å². The molecular formula is C18H23NO. The Bertz CT molecular complexity index is 571. The Morgan fingerprint density at radius 2 is 2.00 bits per heavy atom. The molecule has 20 heavy (non-hydrogen) atoms. The van der Waals surface area contributed by atoms with Gasteiger partial charge in [0.1, 0.15) is 5.76 Å². The number of fused-ring (bicyclic) bond motifs is 1. The van der Waals surface area contributed by atoms with E-state index in [2.05, 4.69) is 50.4 Å². The van der Waals surface area contributed by atoms with Crippen LogP contribution < -0.4 is 5.32 Å². The zero-order valence-corrected chi connectivity index (χ0v) is 12.5. The van der Waals surface area contributed by atoms with Gasteiger partial charge in [-0.25, -0.2) is 0 Å². The van der Waals surface area contributed by atoms with Crippen molar-refractivity contribution in [2.75, 3.05) is 0 Å². The van der Waals surface area contributed by atoms with Crippen molar-refractivity contribution in [1.82, 2.24) is 5.32 Å². The number of nitrogens with one attached hydrogen (secondary N) is 1. The first-order chi connectivity index (χ1) is 9.58. The normalized spacial score (nSPS) is 22.2. The molecule has 0 saturated carbocycles. The third kappa shape index (κ3) is 2.40. The van der Waals surface area contributed by atoms with E-state index in [1.54, 1.807) is 6.26 Å². The molecule has 0 spiro atoms. The molecule has 3 rings (SSSR count). The standard InChI is InChI=1S/C18H23NO/c1-13(16-9-6-12-20-16)19-17-15-8-5-4-7-14(15)10-11-18(17,2)3/h4-9,12-13,17,19H,10-11H2,1-3H3. The van der Waals surface area contributed by atoms with Gasteiger partial charge in [0, 0.05) is 6.04 Å². The van der Waals surface area contributed by atoms with Gasteiger partial charge in [-0.2, -0.15) is 0 Å². The number of aryl methyl sites for hydroxylation is 1. The van der Waals surface area contributed by atoms with Crippen molar-refractivity contribution in [1.29, 1.82) is 0 Å². The minimum Gasteiger partial charge on any atom is -0.468 e. The lowest BCUT2D eigenvalue weighted by atomic mass is 9.70. The Kier molecular flexibility index (Phi) is 3.43. The molecule has 0 radical (unpaired) electrons. The predicted octanol–water partition coefficient (Wildman–Crippen LogP) is 4.64. The largest absolute Gasteiger partial charge is 0.468 e. The Hall–Kier alpha value is -1.54. The first-order valence-corrected chi connectivity index (χ1v) is 7.45. The Balaban J connectivity index is 1.90. The van der Waals surface area contributed by atoms with Crippen molar-refractivity contribution in [2.24, 2.45) is 5.41 Å². The molecule has 2 atom stereocenters. The van der Waals surface area contributed by atoms with Gasteiger partial charge in [-0.05, 0) is 48.4 Å². The molecule has 0 aliphatic heterocycles. The quantitative estimate of drug-likeness (QED) is 0.877. The van der Waals surface area contributed by atoms with Crippen LogP contribution in [0.1, 0.15) is 56.2 Å². The van der Waals surface area contributed by atoms with Crippen molar-refractivity contribution in [3.05, 3.63) is 59.5 Å². The van der Waals surface area contributed by atoms with Crippen LogP contribution in [-0.2, 0) is 6.42 Å². The fourth-order valence-electron chi connectivity index (χ4n) is 3.25. The molecule has 0 saturated heterocycles. The highest BCUT2D eigenvalue weighted by molar-refractivity contribution is 5.34. The molecule has 1 aromatic carbocycles. The van der Waals surface area contributed by atoms with E-state index in [1.807, 2.05) is 12.1 Å². The zero-order valence-electron chi connectivity index (χ0n) is 12.5. The van der Waals surface area contributed by atoms with Crippen LogP contribution in [0.5, 0.6) is 0 Å². The van der Waals surface area contributed by atoms with Crippen LogP contribution in [0.3, 0.4) is 0 Å². The number of benzene rings is 1. The van der Waals surface area contributed by atoms with Gasteiger partial charge < -0.3 is 9.73 Å². The summed E-state index contributed by atoms with van der Waals surface area (Å²) in [5.74, 6) is 1.00. The number of hydrogen-bond acceptors (Lipinski definition) is 2. The second kappa shape index (κ2) is 5.10. The first-order valence-electron chi connectivity index (χ1n) is 7.45. The van der Waals surface area contributed by atoms with Crippen LogP contribution in [0.2, 0.25) is 0 Å². The summed E-state index contributed by atoms with van der Waals surface area (Å²) in [6.45, 7) is 6.89. The van der Waals surface area contributed by atoms with E-state index in [1.165, 1.54) is 24.0 Å². The maximum absolute atomic E-state index is 5.53. The van der Waals surface area contributed by atoms with E-state index in [0.717, 1.165) is 5.76 Å². The topological polar surface area (TPSA) is 25.2 Å². The van der Waals surface area contributed by atoms with Crippen LogP contribution in [0.15, 0.2) is 47.1 Å². The highest BCUT2D eigenvalue weighted by Gasteiger charge is 2.36. The molecule has 1 N–H and O–H groups in total. The molecule has 2 aromatic rings. The van der Waals surface area contributed by atoms with Gasteiger partial charge in [0.2, 0.25) is 0 Å². The SMILES string of the molecule is CC(NC1c2ccccc2CCC1(C)C)c1ccco1. The van der Waals surface area contributed by atoms with E-state index in [-0.39, 0.29) is 11.5 Å². The summed E-state index contributed by atoms with van der Waals surface area (Å²) in [4.78, 5) is 0. The molecule has 0 bridgehead atoms. The maximum Gasteiger partial charge on any atom is 0.120 e. The Morgan fingerprint density at radius 3 is 2.75 bits per heavy atom. The van der Waals surface area contributed by atoms with Crippen LogP contribution in [-0.4, -0.2) is 0 Å². The van der Waals surface area contributed by atoms with E-state index in [9.17, 15) is 0 Å². The average Bonchev–Trinajstić information content (AvgIpc) is 2.96. The second-order valence-electron chi connectivity index (χ2n) is 6.52. The molecule has 2 heteroatoms. The first kappa shape index (κ1) is 13.4. The van der Waals surface area contributed by atoms with Crippen molar-refractivity contribution in [3.63, 3.8) is 0 Å². The van der Waals surface area contributed by atoms with Crippen LogP contribution >= 0.6 is 0 Å². The van der Waals surface area contributed by atoms with Crippen molar-refractivity contribution in [2.45, 2.75) is 45.7 Å². The molecule has 0 amide bonds. The maximum atomic E-state index is 5.53. The molecule has 1 aromatic heterocycles. The average molecular weight is 269 g/mol. The fourth-order valence-corrected chi connectivity index (χ4v) is 3.25. The Labute approximate surface area is 121 Å². The summed E-state index contributed by atoms with van der Waals surface area (Å²) in [6.07, 6.45) is 4.14. The van der Waals surface area contributed by atoms with Crippen molar-refractivity contribution in [3.8, 4) is 0 Å². The summed E-state index contributed by atoms with van der Waals surface area (Å²) in [7, 11) is 0. The van der Waals surface area contributed by atoms with E-state index >= 15 is 0 Å². The number of rotatable bonds is 3. The van der Waals surface area contributed by atoms with Gasteiger partial charge in [0.05, 0.1) is 12.3 Å². The van der Waals surface area contributed by atoms with Crippen LogP contribution in [0.4, 0.5) is 0 Å². The Morgan fingerprint density at radius 1 is 1.20 bits per heavy atom. The van der Waals surface area contributed by atoms with E-state index in [4.69, 9.17) is 4.42 Å². The smallest absolute Gasteiger partial charge is 0.120 e. The summed E-state index contributed by atoms with van der Waals surface area (Å²) >= 11 is 0. The number of furan rings is 1. The third-order valence-corrected chi connectivity index (χ3v) is 4.57. The molecule has 2 nitrogen and oxygen atoms in total. The zero-order chi connectivity index (χ0) is 14.2. The minimum absolute atomic E-state index is 0.223. The van der Waals surface area contributed by atoms with Crippen molar-refractivity contribution >= 4 is 0 Å². The predicted molar refractivity (Wildman–Crippen MR) is 81.5 cm³/mol. The lowest BCUT2D eigenvalue weighted by Gasteiger charge is -2.41. The number of hydrogen-bond donors (Lipinski definition) is 1. The monoisotopic (exact) mass is 269 g/mol. The molecule has 1 heterocycles. The van der Waals surface area contributed by atoms with Gasteiger partial charge in [0.15, 0.2) is 0 Å². The van der Waals surface area contributed by atoms with Gasteiger partial charge in [-0.1, -0.05) is 38.1 Å². The lowest BCUT2D eigenvalue weighted by Crippen LogP contribution is -2.39. The lowest BCUT2D eigenvalue weighted by molar-refractivity contribution is 0.191. The highest BCUT2D eigenvalue weighted by atomic mass is 16.3. The fraction of sp³-hybridized carbons (Fsp3) is 0.444. The second-order valence-corrected chi connectivity index (χ2v) is 6.52. The van der Waals surface area contributed by atoms with Gasteiger partial charge >= 0.3 is 0 Å². The molecule has 2 unspecified atom stereocenters. The highest BCUT2D eigenvalue weighted by Crippen LogP contribution is 2.44. The van der Waals surface area contributed by atoms with Crippen molar-refractivity contribution < 1.29 is 4.42 Å². The van der Waals surface area contributed by atoms with Gasteiger partial charge in [0.25, 0.3) is 0 Å². The summed E-state index contributed by atoms with van der Waals surface area (Å²) < 4.78 is 5.53. The summed E-state index contributed by atoms with van der Waals surface area (Å²) in [5.41, 5.74) is 3.19. The van der Waals surface area contributed by atoms with Gasteiger partial charge in [-0.3, -0.25) is 0 Å². The minimum atomic E-state index is 0.223. The summed E-state index contributed by atoms with van der Waals surface area (Å²) in [5, 5.41) is 3.77. The molecular weight excluding hydrogens is 246 g/mol. The third-order valence-electron chi connectivity index (χ3n) is 4.57. The molecule has 1 aliphatic carbocycles. The van der Waals surface area contributed by atoms with Crippen LogP contribution in [0, 0.1) is 5.41 Å². The molecule has 0 fully saturated rings. The molecule has 1 aliphatic rings. The van der Waals surface area contributed by atoms with Crippen LogP contribution in [0.25, 0.3) is 0 Å². The van der Waals surface area contributed by atoms with E-state index in [0.29, 0.717) is 6.04 Å².